The highest BCUT2D eigenvalue weighted by atomic mass is 16.2. The highest BCUT2D eigenvalue weighted by Crippen LogP contribution is 2.24. The zero-order valence-electron chi connectivity index (χ0n) is 12.9. The number of aryl methyl sites for hydroxylation is 1. The van der Waals surface area contributed by atoms with Gasteiger partial charge < -0.3 is 5.32 Å². The maximum absolute atomic E-state index is 12.4. The van der Waals surface area contributed by atoms with Crippen LogP contribution in [0.2, 0.25) is 0 Å². The molecule has 0 bridgehead atoms. The van der Waals surface area contributed by atoms with Gasteiger partial charge in [-0.2, -0.15) is 0 Å². The van der Waals surface area contributed by atoms with Gasteiger partial charge >= 0.3 is 0 Å². The molecule has 1 N–H and O–H groups in total. The fourth-order valence-electron chi connectivity index (χ4n) is 2.56. The Bertz CT molecular complexity index is 761. The molecule has 0 spiro atoms. The van der Waals surface area contributed by atoms with E-state index in [2.05, 4.69) is 5.32 Å². The maximum Gasteiger partial charge on any atom is 0.262 e. The van der Waals surface area contributed by atoms with E-state index in [0.29, 0.717) is 16.8 Å². The summed E-state index contributed by atoms with van der Waals surface area (Å²) in [5.74, 6) is -1.27. The number of hydrogen-bond acceptors (Lipinski definition) is 3. The Balaban J connectivity index is 1.79. The minimum absolute atomic E-state index is 0.340. The number of imide groups is 1. The predicted octanol–water partition coefficient (Wildman–Crippen LogP) is 2.62. The van der Waals surface area contributed by atoms with E-state index in [1.807, 2.05) is 19.1 Å². The summed E-state index contributed by atoms with van der Waals surface area (Å²) in [6, 6.07) is 13.0. The summed E-state index contributed by atoms with van der Waals surface area (Å²) < 4.78 is 0. The van der Waals surface area contributed by atoms with Crippen molar-refractivity contribution < 1.29 is 14.4 Å². The third kappa shape index (κ3) is 2.61. The molecule has 0 aliphatic carbocycles. The van der Waals surface area contributed by atoms with Crippen LogP contribution in [-0.4, -0.2) is 28.7 Å². The van der Waals surface area contributed by atoms with Gasteiger partial charge in [0.2, 0.25) is 5.91 Å². The molecule has 3 rings (SSSR count). The molecule has 1 atom stereocenters. The fraction of sp³-hybridized carbons (Fsp3) is 0.167. The first-order valence-electron chi connectivity index (χ1n) is 7.33. The Morgan fingerprint density at radius 1 is 0.957 bits per heavy atom. The molecular formula is C18H16N2O3. The minimum Gasteiger partial charge on any atom is -0.324 e. The molecule has 1 aliphatic heterocycles. The molecule has 0 saturated carbocycles. The summed E-state index contributed by atoms with van der Waals surface area (Å²) in [6.07, 6.45) is 0. The molecule has 5 heteroatoms. The van der Waals surface area contributed by atoms with Gasteiger partial charge in [0.05, 0.1) is 11.1 Å². The standard InChI is InChI=1S/C18H16N2O3/c1-11-7-9-13(10-8-11)19-16(21)12(2)20-17(22)14-5-3-4-6-15(14)18(20)23/h3-10,12H,1-2H3,(H,19,21)/t12-/m0/s1. The number of benzene rings is 2. The van der Waals surface area contributed by atoms with Crippen LogP contribution in [0, 0.1) is 6.92 Å². The second-order valence-corrected chi connectivity index (χ2v) is 5.56. The van der Waals surface area contributed by atoms with Crippen molar-refractivity contribution in [3.05, 3.63) is 65.2 Å². The lowest BCUT2D eigenvalue weighted by Gasteiger charge is -2.21. The largest absolute Gasteiger partial charge is 0.324 e. The van der Waals surface area contributed by atoms with Gasteiger partial charge in [0.1, 0.15) is 6.04 Å². The molecule has 1 heterocycles. The van der Waals surface area contributed by atoms with Crippen LogP contribution in [0.5, 0.6) is 0 Å². The average Bonchev–Trinajstić information content (AvgIpc) is 2.81. The van der Waals surface area contributed by atoms with Gasteiger partial charge in [-0.25, -0.2) is 0 Å². The predicted molar refractivity (Wildman–Crippen MR) is 86.2 cm³/mol. The number of nitrogens with zero attached hydrogens (tertiary/aromatic N) is 1. The number of fused-ring (bicyclic) bond motifs is 1. The molecule has 3 amide bonds. The molecule has 2 aromatic rings. The molecule has 23 heavy (non-hydrogen) atoms. The van der Waals surface area contributed by atoms with E-state index < -0.39 is 23.8 Å². The van der Waals surface area contributed by atoms with Crippen LogP contribution in [0.3, 0.4) is 0 Å². The summed E-state index contributed by atoms with van der Waals surface area (Å²) >= 11 is 0. The monoisotopic (exact) mass is 308 g/mol. The van der Waals surface area contributed by atoms with Gasteiger partial charge in [0.25, 0.3) is 11.8 Å². The number of hydrogen-bond donors (Lipinski definition) is 1. The van der Waals surface area contributed by atoms with E-state index in [-0.39, 0.29) is 0 Å². The quantitative estimate of drug-likeness (QED) is 0.886. The number of rotatable bonds is 3. The van der Waals surface area contributed by atoms with Crippen molar-refractivity contribution in [3.63, 3.8) is 0 Å². The van der Waals surface area contributed by atoms with Crippen molar-refractivity contribution in [3.8, 4) is 0 Å². The zero-order chi connectivity index (χ0) is 16.6. The molecule has 116 valence electrons. The number of nitrogens with one attached hydrogen (secondary N) is 1. The van der Waals surface area contributed by atoms with Gasteiger partial charge in [0, 0.05) is 5.69 Å². The van der Waals surface area contributed by atoms with Gasteiger partial charge in [0.15, 0.2) is 0 Å². The summed E-state index contributed by atoms with van der Waals surface area (Å²) in [5, 5.41) is 2.73. The summed E-state index contributed by atoms with van der Waals surface area (Å²) in [7, 11) is 0. The lowest BCUT2D eigenvalue weighted by atomic mass is 10.1. The van der Waals surface area contributed by atoms with Crippen molar-refractivity contribution in [1.29, 1.82) is 0 Å². The fourth-order valence-corrected chi connectivity index (χ4v) is 2.56. The number of carbonyl (C=O) groups excluding carboxylic acids is 3. The lowest BCUT2D eigenvalue weighted by Crippen LogP contribution is -2.45. The van der Waals surface area contributed by atoms with Gasteiger partial charge in [-0.05, 0) is 38.1 Å². The average molecular weight is 308 g/mol. The Kier molecular flexibility index (Phi) is 3.70. The van der Waals surface area contributed by atoms with Gasteiger partial charge in [-0.3, -0.25) is 19.3 Å². The van der Waals surface area contributed by atoms with Crippen molar-refractivity contribution in [2.75, 3.05) is 5.32 Å². The topological polar surface area (TPSA) is 66.5 Å². The molecule has 0 unspecified atom stereocenters. The molecule has 1 aliphatic rings. The van der Waals surface area contributed by atoms with Crippen molar-refractivity contribution in [1.82, 2.24) is 4.90 Å². The van der Waals surface area contributed by atoms with Gasteiger partial charge in [-0.1, -0.05) is 29.8 Å². The van der Waals surface area contributed by atoms with Crippen LogP contribution in [0.4, 0.5) is 5.69 Å². The van der Waals surface area contributed by atoms with Crippen LogP contribution in [0.15, 0.2) is 48.5 Å². The van der Waals surface area contributed by atoms with Crippen LogP contribution in [-0.2, 0) is 4.79 Å². The number of anilines is 1. The van der Waals surface area contributed by atoms with Crippen LogP contribution in [0.25, 0.3) is 0 Å². The SMILES string of the molecule is Cc1ccc(NC(=O)[C@H](C)N2C(=O)c3ccccc3C2=O)cc1. The number of carbonyl (C=O) groups is 3. The van der Waals surface area contributed by atoms with Crippen LogP contribution in [0.1, 0.15) is 33.2 Å². The molecular weight excluding hydrogens is 292 g/mol. The van der Waals surface area contributed by atoms with Gasteiger partial charge in [-0.15, -0.1) is 0 Å². The van der Waals surface area contributed by atoms with Crippen molar-refractivity contribution >= 4 is 23.4 Å². The van der Waals surface area contributed by atoms with E-state index in [0.717, 1.165) is 10.5 Å². The summed E-state index contributed by atoms with van der Waals surface area (Å²) in [6.45, 7) is 3.50. The van der Waals surface area contributed by atoms with Crippen LogP contribution >= 0.6 is 0 Å². The number of amides is 3. The highest BCUT2D eigenvalue weighted by molar-refractivity contribution is 6.23. The summed E-state index contributed by atoms with van der Waals surface area (Å²) in [5.41, 5.74) is 2.39. The second kappa shape index (κ2) is 5.68. The molecule has 0 saturated heterocycles. The normalized spacial score (nSPS) is 14.6. The third-order valence-corrected chi connectivity index (χ3v) is 3.91. The Morgan fingerprint density at radius 2 is 1.48 bits per heavy atom. The summed E-state index contributed by atoms with van der Waals surface area (Å²) in [4.78, 5) is 38.1. The highest BCUT2D eigenvalue weighted by Gasteiger charge is 2.40. The molecule has 0 radical (unpaired) electrons. The van der Waals surface area contributed by atoms with E-state index >= 15 is 0 Å². The molecule has 2 aromatic carbocycles. The Labute approximate surface area is 133 Å². The van der Waals surface area contributed by atoms with Crippen molar-refractivity contribution in [2.45, 2.75) is 19.9 Å². The van der Waals surface area contributed by atoms with E-state index in [4.69, 9.17) is 0 Å². The Hall–Kier alpha value is -2.95. The lowest BCUT2D eigenvalue weighted by molar-refractivity contribution is -0.119. The zero-order valence-corrected chi connectivity index (χ0v) is 12.9. The van der Waals surface area contributed by atoms with E-state index in [1.54, 1.807) is 43.3 Å². The molecule has 5 nitrogen and oxygen atoms in total. The smallest absolute Gasteiger partial charge is 0.262 e. The third-order valence-electron chi connectivity index (χ3n) is 3.91. The first-order valence-corrected chi connectivity index (χ1v) is 7.33. The van der Waals surface area contributed by atoms with Crippen molar-refractivity contribution in [2.24, 2.45) is 0 Å². The first kappa shape index (κ1) is 15.0. The Morgan fingerprint density at radius 3 is 2.00 bits per heavy atom. The van der Waals surface area contributed by atoms with E-state index in [1.165, 1.54) is 0 Å². The first-order chi connectivity index (χ1) is 11.0. The molecule has 0 aromatic heterocycles. The maximum atomic E-state index is 12.4. The molecule has 0 fully saturated rings. The van der Waals surface area contributed by atoms with E-state index in [9.17, 15) is 14.4 Å². The van der Waals surface area contributed by atoms with Crippen LogP contribution < -0.4 is 5.32 Å². The second-order valence-electron chi connectivity index (χ2n) is 5.56. The minimum atomic E-state index is -0.885.